The first-order valence-electron chi connectivity index (χ1n) is 17.4. The van der Waals surface area contributed by atoms with Gasteiger partial charge in [-0.15, -0.1) is 0 Å². The molecule has 0 fully saturated rings. The predicted octanol–water partition coefficient (Wildman–Crippen LogP) is 13.3. The first-order chi connectivity index (χ1) is 25.3. The van der Waals surface area contributed by atoms with Crippen molar-refractivity contribution >= 4 is 50.2 Å². The van der Waals surface area contributed by atoms with E-state index in [1.54, 1.807) is 0 Å². The summed E-state index contributed by atoms with van der Waals surface area (Å²) in [6.45, 7) is 0. The molecule has 1 N–H and O–H groups in total. The largest absolute Gasteiger partial charge is 0.356 e. The number of rotatable bonds is 8. The van der Waals surface area contributed by atoms with Crippen molar-refractivity contribution in [2.24, 2.45) is 0 Å². The summed E-state index contributed by atoms with van der Waals surface area (Å²) in [7, 11) is 0. The van der Waals surface area contributed by atoms with Crippen molar-refractivity contribution in [3.8, 4) is 27.9 Å². The number of benzene rings is 8. The third kappa shape index (κ3) is 5.92. The van der Waals surface area contributed by atoms with Crippen molar-refractivity contribution in [2.45, 2.75) is 0 Å². The molecule has 0 bridgehead atoms. The second-order valence-corrected chi connectivity index (χ2v) is 12.8. The quantitative estimate of drug-likeness (QED) is 0.176. The maximum Gasteiger partial charge on any atom is 0.0542 e. The van der Waals surface area contributed by atoms with E-state index in [1.807, 2.05) is 18.2 Å². The Bertz CT molecular complexity index is 2560. The van der Waals surface area contributed by atoms with E-state index in [-0.39, 0.29) is 0 Å². The van der Waals surface area contributed by atoms with Crippen LogP contribution in [0, 0.1) is 0 Å². The van der Waals surface area contributed by atoms with E-state index in [4.69, 9.17) is 0 Å². The molecule has 0 spiro atoms. The molecule has 9 aromatic rings. The summed E-state index contributed by atoms with van der Waals surface area (Å²) in [5, 5.41) is 5.93. The highest BCUT2D eigenvalue weighted by molar-refractivity contribution is 6.10. The van der Waals surface area contributed by atoms with Crippen LogP contribution in [0.1, 0.15) is 0 Å². The van der Waals surface area contributed by atoms with Crippen LogP contribution in [0.15, 0.2) is 206 Å². The van der Waals surface area contributed by atoms with Gasteiger partial charge in [0, 0.05) is 44.9 Å². The molecule has 0 unspecified atom stereocenters. The lowest BCUT2D eigenvalue weighted by atomic mass is 10.0. The number of hydrogen-bond acceptors (Lipinski definition) is 2. The molecular formula is C48H35N3. The molecule has 0 aliphatic heterocycles. The Morgan fingerprint density at radius 2 is 0.804 bits per heavy atom. The van der Waals surface area contributed by atoms with E-state index in [2.05, 4.69) is 203 Å². The van der Waals surface area contributed by atoms with Gasteiger partial charge in [0.2, 0.25) is 0 Å². The number of para-hydroxylation sites is 3. The van der Waals surface area contributed by atoms with Crippen molar-refractivity contribution in [1.82, 2.24) is 4.57 Å². The molecule has 1 heterocycles. The minimum atomic E-state index is 1.07. The summed E-state index contributed by atoms with van der Waals surface area (Å²) in [6.07, 6.45) is 0. The standard InChI is InChI=1S/C48H35N3/c1-4-12-35(13-5-1)37-24-30-43(31-25-37)51-47-19-11-10-18-45(47)46-34-44(32-33-48(46)51)50(41-16-8-3-9-17-41)42-28-22-38(23-29-42)36-20-26-40(27-21-36)49-39-14-6-2-7-15-39/h1-34,49H. The van der Waals surface area contributed by atoms with Crippen molar-refractivity contribution < 1.29 is 0 Å². The minimum absolute atomic E-state index is 1.07. The summed E-state index contributed by atoms with van der Waals surface area (Å²) < 4.78 is 2.38. The lowest BCUT2D eigenvalue weighted by Crippen LogP contribution is -2.09. The van der Waals surface area contributed by atoms with E-state index in [0.29, 0.717) is 0 Å². The SMILES string of the molecule is c1ccc(Nc2ccc(-c3ccc(N(c4ccccc4)c4ccc5c(c4)c4ccccc4n5-c4ccc(-c5ccccc5)cc4)cc3)cc2)cc1. The van der Waals surface area contributed by atoms with Crippen LogP contribution in [0.4, 0.5) is 28.4 Å². The van der Waals surface area contributed by atoms with Gasteiger partial charge >= 0.3 is 0 Å². The summed E-state index contributed by atoms with van der Waals surface area (Å²) in [6, 6.07) is 73.4. The van der Waals surface area contributed by atoms with Crippen LogP contribution in [0.5, 0.6) is 0 Å². The molecule has 0 radical (unpaired) electrons. The lowest BCUT2D eigenvalue weighted by Gasteiger charge is -2.26. The molecule has 0 saturated carbocycles. The Morgan fingerprint density at radius 3 is 1.49 bits per heavy atom. The highest BCUT2D eigenvalue weighted by atomic mass is 15.1. The van der Waals surface area contributed by atoms with Gasteiger partial charge in [0.1, 0.15) is 0 Å². The van der Waals surface area contributed by atoms with Crippen LogP contribution in [0.2, 0.25) is 0 Å². The molecule has 0 aliphatic carbocycles. The summed E-state index contributed by atoms with van der Waals surface area (Å²) in [4.78, 5) is 2.34. The fourth-order valence-corrected chi connectivity index (χ4v) is 7.07. The molecule has 242 valence electrons. The van der Waals surface area contributed by atoms with E-state index in [1.165, 1.54) is 44.1 Å². The molecule has 1 aromatic heterocycles. The second-order valence-electron chi connectivity index (χ2n) is 12.8. The van der Waals surface area contributed by atoms with Crippen molar-refractivity contribution in [2.75, 3.05) is 10.2 Å². The molecule has 0 saturated heterocycles. The summed E-state index contributed by atoms with van der Waals surface area (Å²) in [5.41, 5.74) is 13.8. The van der Waals surface area contributed by atoms with Crippen LogP contribution in [-0.2, 0) is 0 Å². The Hall–Kier alpha value is -6.84. The fourth-order valence-electron chi connectivity index (χ4n) is 7.07. The monoisotopic (exact) mass is 653 g/mol. The van der Waals surface area contributed by atoms with Crippen molar-refractivity contribution in [3.63, 3.8) is 0 Å². The Labute approximate surface area is 298 Å². The average Bonchev–Trinajstić information content (AvgIpc) is 3.54. The van der Waals surface area contributed by atoms with E-state index >= 15 is 0 Å². The molecule has 0 amide bonds. The third-order valence-corrected chi connectivity index (χ3v) is 9.57. The van der Waals surface area contributed by atoms with Crippen molar-refractivity contribution in [3.05, 3.63) is 206 Å². The summed E-state index contributed by atoms with van der Waals surface area (Å²) >= 11 is 0. The molecular weight excluding hydrogens is 619 g/mol. The van der Waals surface area contributed by atoms with Gasteiger partial charge in [-0.25, -0.2) is 0 Å². The van der Waals surface area contributed by atoms with E-state index < -0.39 is 0 Å². The Kier molecular flexibility index (Phi) is 7.84. The van der Waals surface area contributed by atoms with Gasteiger partial charge < -0.3 is 14.8 Å². The van der Waals surface area contributed by atoms with Crippen LogP contribution in [0.3, 0.4) is 0 Å². The van der Waals surface area contributed by atoms with Gasteiger partial charge in [0.05, 0.1) is 11.0 Å². The van der Waals surface area contributed by atoms with Crippen molar-refractivity contribution in [1.29, 1.82) is 0 Å². The molecule has 51 heavy (non-hydrogen) atoms. The van der Waals surface area contributed by atoms with Gasteiger partial charge in [-0.1, -0.05) is 121 Å². The smallest absolute Gasteiger partial charge is 0.0542 e. The molecule has 8 aromatic carbocycles. The fraction of sp³-hybridized carbons (Fsp3) is 0. The highest BCUT2D eigenvalue weighted by Gasteiger charge is 2.17. The van der Waals surface area contributed by atoms with Gasteiger partial charge in [-0.05, 0) is 107 Å². The zero-order valence-electron chi connectivity index (χ0n) is 28.0. The number of nitrogens with zero attached hydrogens (tertiary/aromatic N) is 2. The van der Waals surface area contributed by atoms with Crippen LogP contribution < -0.4 is 10.2 Å². The summed E-state index contributed by atoms with van der Waals surface area (Å²) in [5.74, 6) is 0. The predicted molar refractivity (Wildman–Crippen MR) is 216 cm³/mol. The maximum atomic E-state index is 3.48. The van der Waals surface area contributed by atoms with Gasteiger partial charge in [-0.2, -0.15) is 0 Å². The number of nitrogens with one attached hydrogen (secondary N) is 1. The van der Waals surface area contributed by atoms with Crippen LogP contribution in [0.25, 0.3) is 49.7 Å². The minimum Gasteiger partial charge on any atom is -0.356 e. The first kappa shape index (κ1) is 30.2. The average molecular weight is 654 g/mol. The highest BCUT2D eigenvalue weighted by Crippen LogP contribution is 2.40. The van der Waals surface area contributed by atoms with E-state index in [0.717, 1.165) is 34.1 Å². The Balaban J connectivity index is 1.08. The lowest BCUT2D eigenvalue weighted by molar-refractivity contribution is 1.18. The van der Waals surface area contributed by atoms with Crippen LogP contribution in [-0.4, -0.2) is 4.57 Å². The zero-order chi connectivity index (χ0) is 34.0. The third-order valence-electron chi connectivity index (χ3n) is 9.57. The first-order valence-corrected chi connectivity index (χ1v) is 17.4. The second kappa shape index (κ2) is 13.2. The topological polar surface area (TPSA) is 20.2 Å². The zero-order valence-corrected chi connectivity index (χ0v) is 28.0. The molecule has 3 heteroatoms. The van der Waals surface area contributed by atoms with E-state index in [9.17, 15) is 0 Å². The van der Waals surface area contributed by atoms with Gasteiger partial charge in [0.15, 0.2) is 0 Å². The number of hydrogen-bond donors (Lipinski definition) is 1. The normalized spacial score (nSPS) is 11.1. The molecule has 9 rings (SSSR count). The number of anilines is 5. The Morgan fingerprint density at radius 1 is 0.333 bits per heavy atom. The van der Waals surface area contributed by atoms with Gasteiger partial charge in [0.25, 0.3) is 0 Å². The number of fused-ring (bicyclic) bond motifs is 3. The molecule has 3 nitrogen and oxygen atoms in total. The maximum absolute atomic E-state index is 3.48. The molecule has 0 atom stereocenters. The number of aromatic nitrogens is 1. The molecule has 0 aliphatic rings. The van der Waals surface area contributed by atoms with Crippen LogP contribution >= 0.6 is 0 Å². The van der Waals surface area contributed by atoms with Gasteiger partial charge in [-0.3, -0.25) is 0 Å².